The van der Waals surface area contributed by atoms with Gasteiger partial charge in [0.2, 0.25) is 0 Å². The molecule has 0 bridgehead atoms. The number of allylic oxidation sites excluding steroid dienone is 1. The number of fused-ring (bicyclic) bond motifs is 2. The van der Waals surface area contributed by atoms with Gasteiger partial charge in [0.05, 0.1) is 18.6 Å². The number of aliphatic hydroxyl groups is 2. The zero-order valence-electron chi connectivity index (χ0n) is 23.6. The maximum absolute atomic E-state index is 13.2. The lowest BCUT2D eigenvalue weighted by Crippen LogP contribution is -2.39. The van der Waals surface area contributed by atoms with Crippen molar-refractivity contribution in [3.8, 4) is 0 Å². The molecule has 2 aliphatic rings. The minimum Gasteiger partial charge on any atom is -0.457 e. The standard InChI is InChI=1S/C31H43NO6/c1-7-30(5)17-24(33)19(3)29(36)18(2)9-8-12-31(6)16-22(31)14-26(38-28(35)15-27(30)34)21-10-11-25-23(13-21)32-20(4)37-25/h8-11,13,18-19,22,26-27,29,34,36H,7,12,14-17H2,1-6H3/b9-8+/t18?,19-,22?,26-,27-,29?,30?,31?/m0/s1. The summed E-state index contributed by atoms with van der Waals surface area (Å²) in [6, 6.07) is 5.70. The molecule has 1 aromatic carbocycles. The van der Waals surface area contributed by atoms with Gasteiger partial charge >= 0.3 is 5.97 Å². The lowest BCUT2D eigenvalue weighted by atomic mass is 9.73. The van der Waals surface area contributed by atoms with Crippen LogP contribution in [0.3, 0.4) is 0 Å². The predicted octanol–water partition coefficient (Wildman–Crippen LogP) is 5.86. The number of aliphatic hydroxyl groups excluding tert-OH is 2. The fourth-order valence-electron chi connectivity index (χ4n) is 5.85. The Labute approximate surface area is 225 Å². The van der Waals surface area contributed by atoms with Gasteiger partial charge < -0.3 is 19.4 Å². The Bertz CT molecular complexity index is 1200. The number of hydrogen-bond acceptors (Lipinski definition) is 7. The van der Waals surface area contributed by atoms with Crippen molar-refractivity contribution in [3.63, 3.8) is 0 Å². The molecule has 1 aliphatic carbocycles. The molecule has 7 heteroatoms. The molecular weight excluding hydrogens is 482 g/mol. The number of oxazole rings is 1. The van der Waals surface area contributed by atoms with Crippen molar-refractivity contribution in [1.82, 2.24) is 4.98 Å². The second-order valence-corrected chi connectivity index (χ2v) is 12.4. The maximum atomic E-state index is 13.2. The van der Waals surface area contributed by atoms with Crippen molar-refractivity contribution in [2.75, 3.05) is 0 Å². The number of ketones is 1. The number of rotatable bonds is 2. The Balaban J connectivity index is 1.64. The van der Waals surface area contributed by atoms with E-state index in [4.69, 9.17) is 9.15 Å². The molecule has 2 N–H and O–H groups in total. The van der Waals surface area contributed by atoms with Gasteiger partial charge in [-0.3, -0.25) is 9.59 Å². The van der Waals surface area contributed by atoms with E-state index in [2.05, 4.69) is 18.0 Å². The number of aryl methyl sites for hydroxylation is 1. The van der Waals surface area contributed by atoms with Gasteiger partial charge in [0.25, 0.3) is 0 Å². The van der Waals surface area contributed by atoms with Crippen molar-refractivity contribution < 1.29 is 29.0 Å². The van der Waals surface area contributed by atoms with Crippen molar-refractivity contribution in [2.24, 2.45) is 28.6 Å². The van der Waals surface area contributed by atoms with Crippen LogP contribution in [0.2, 0.25) is 0 Å². The number of ether oxygens (including phenoxy) is 1. The Morgan fingerprint density at radius 3 is 2.61 bits per heavy atom. The summed E-state index contributed by atoms with van der Waals surface area (Å²) in [6.45, 7) is 11.5. The van der Waals surface area contributed by atoms with Crippen molar-refractivity contribution in [1.29, 1.82) is 0 Å². The van der Waals surface area contributed by atoms with Crippen molar-refractivity contribution in [3.05, 3.63) is 41.8 Å². The topological polar surface area (TPSA) is 110 Å². The second kappa shape index (κ2) is 10.9. The number of esters is 1. The van der Waals surface area contributed by atoms with E-state index in [9.17, 15) is 19.8 Å². The van der Waals surface area contributed by atoms with E-state index >= 15 is 0 Å². The van der Waals surface area contributed by atoms with Crippen LogP contribution < -0.4 is 0 Å². The van der Waals surface area contributed by atoms with E-state index in [1.165, 1.54) is 0 Å². The molecule has 0 radical (unpaired) electrons. The number of hydrogen-bond donors (Lipinski definition) is 2. The van der Waals surface area contributed by atoms with E-state index in [1.807, 2.05) is 45.0 Å². The molecule has 38 heavy (non-hydrogen) atoms. The number of aromatic nitrogens is 1. The van der Waals surface area contributed by atoms with Gasteiger partial charge in [-0.05, 0) is 54.7 Å². The summed E-state index contributed by atoms with van der Waals surface area (Å²) in [7, 11) is 0. The minimum absolute atomic E-state index is 0.0795. The highest BCUT2D eigenvalue weighted by molar-refractivity contribution is 5.82. The van der Waals surface area contributed by atoms with Gasteiger partial charge in [0.15, 0.2) is 11.5 Å². The largest absolute Gasteiger partial charge is 0.457 e. The van der Waals surface area contributed by atoms with E-state index in [0.29, 0.717) is 30.2 Å². The summed E-state index contributed by atoms with van der Waals surface area (Å²) >= 11 is 0. The molecule has 1 fully saturated rings. The fourth-order valence-corrected chi connectivity index (χ4v) is 5.85. The van der Waals surface area contributed by atoms with Gasteiger partial charge in [0.1, 0.15) is 17.4 Å². The molecule has 1 aliphatic heterocycles. The van der Waals surface area contributed by atoms with E-state index < -0.39 is 35.6 Å². The lowest BCUT2D eigenvalue weighted by molar-refractivity contribution is -0.155. The number of Topliss-reactive ketones (excluding diaryl/α,β-unsaturated/α-hetero) is 1. The monoisotopic (exact) mass is 525 g/mol. The van der Waals surface area contributed by atoms with Crippen LogP contribution in [0.5, 0.6) is 0 Å². The Kier molecular flexibility index (Phi) is 8.20. The molecule has 8 atom stereocenters. The van der Waals surface area contributed by atoms with E-state index in [-0.39, 0.29) is 30.0 Å². The third kappa shape index (κ3) is 6.04. The summed E-state index contributed by atoms with van der Waals surface area (Å²) < 4.78 is 11.7. The zero-order chi connectivity index (χ0) is 27.8. The van der Waals surface area contributed by atoms with Crippen LogP contribution in [0.25, 0.3) is 11.1 Å². The highest BCUT2D eigenvalue weighted by atomic mass is 16.5. The first-order valence-corrected chi connectivity index (χ1v) is 14.0. The average Bonchev–Trinajstić information content (AvgIpc) is 3.33. The quantitative estimate of drug-likeness (QED) is 0.373. The summed E-state index contributed by atoms with van der Waals surface area (Å²) in [6.07, 6.45) is 4.74. The summed E-state index contributed by atoms with van der Waals surface area (Å²) in [5.41, 5.74) is 1.54. The lowest BCUT2D eigenvalue weighted by Gasteiger charge is -2.34. The molecular formula is C31H43NO6. The molecule has 1 saturated carbocycles. The van der Waals surface area contributed by atoms with Gasteiger partial charge in [-0.25, -0.2) is 4.98 Å². The van der Waals surface area contributed by atoms with Gasteiger partial charge in [-0.2, -0.15) is 0 Å². The number of carbonyl (C=O) groups excluding carboxylic acids is 2. The Hall–Kier alpha value is -2.51. The molecule has 5 unspecified atom stereocenters. The summed E-state index contributed by atoms with van der Waals surface area (Å²) in [5.74, 6) is -0.393. The molecule has 2 heterocycles. The van der Waals surface area contributed by atoms with Crippen molar-refractivity contribution in [2.45, 2.75) is 98.4 Å². The number of nitrogens with zero attached hydrogens (tertiary/aromatic N) is 1. The van der Waals surface area contributed by atoms with Crippen LogP contribution in [-0.4, -0.2) is 39.2 Å². The second-order valence-electron chi connectivity index (χ2n) is 12.4. The number of cyclic esters (lactones) is 1. The molecule has 2 aromatic rings. The van der Waals surface area contributed by atoms with E-state index in [0.717, 1.165) is 23.9 Å². The van der Waals surface area contributed by atoms with Gasteiger partial charge in [0, 0.05) is 30.6 Å². The highest BCUT2D eigenvalue weighted by Crippen LogP contribution is 2.59. The van der Waals surface area contributed by atoms with Crippen LogP contribution in [0.4, 0.5) is 0 Å². The maximum Gasteiger partial charge on any atom is 0.309 e. The molecule has 208 valence electrons. The SMILES string of the molecule is CCC1(C)CC(=O)[C@H](C)C(O)C(C)/C=C/CC2(C)CC2C[C@@H](c2ccc3oc(C)nc3c2)OC(=O)C[C@@H]1O. The Morgan fingerprint density at radius 2 is 1.89 bits per heavy atom. The number of carbonyl (C=O) groups is 2. The molecule has 1 aromatic heterocycles. The van der Waals surface area contributed by atoms with Crippen LogP contribution in [0.15, 0.2) is 34.8 Å². The van der Waals surface area contributed by atoms with Crippen molar-refractivity contribution >= 4 is 22.9 Å². The smallest absolute Gasteiger partial charge is 0.309 e. The van der Waals surface area contributed by atoms with Gasteiger partial charge in [-0.1, -0.05) is 52.8 Å². The highest BCUT2D eigenvalue weighted by Gasteiger charge is 2.50. The number of benzene rings is 1. The summed E-state index contributed by atoms with van der Waals surface area (Å²) in [4.78, 5) is 30.8. The van der Waals surface area contributed by atoms with Crippen LogP contribution >= 0.6 is 0 Å². The average molecular weight is 526 g/mol. The van der Waals surface area contributed by atoms with Gasteiger partial charge in [-0.15, -0.1) is 0 Å². The zero-order valence-corrected chi connectivity index (χ0v) is 23.6. The molecule has 0 amide bonds. The minimum atomic E-state index is -1.05. The van der Waals surface area contributed by atoms with Crippen LogP contribution in [0, 0.1) is 35.5 Å². The van der Waals surface area contributed by atoms with Crippen LogP contribution in [0.1, 0.15) is 90.7 Å². The normalized spacial score (nSPS) is 38.3. The Morgan fingerprint density at radius 1 is 1.16 bits per heavy atom. The summed E-state index contributed by atoms with van der Waals surface area (Å²) in [5, 5.41) is 22.0. The first-order valence-electron chi connectivity index (χ1n) is 14.0. The fraction of sp³-hybridized carbons (Fsp3) is 0.645. The third-order valence-corrected chi connectivity index (χ3v) is 9.33. The van der Waals surface area contributed by atoms with E-state index in [1.54, 1.807) is 13.8 Å². The predicted molar refractivity (Wildman–Crippen MR) is 145 cm³/mol. The first kappa shape index (κ1) is 28.5. The molecule has 0 saturated heterocycles. The first-order chi connectivity index (χ1) is 17.8. The molecule has 7 nitrogen and oxygen atoms in total. The molecule has 4 rings (SSSR count). The third-order valence-electron chi connectivity index (χ3n) is 9.33. The molecule has 0 spiro atoms. The van der Waals surface area contributed by atoms with Crippen LogP contribution in [-0.2, 0) is 14.3 Å².